The summed E-state index contributed by atoms with van der Waals surface area (Å²) in [5.74, 6) is 0.319. The summed E-state index contributed by atoms with van der Waals surface area (Å²) >= 11 is 0. The van der Waals surface area contributed by atoms with Gasteiger partial charge in [0, 0.05) is 6.04 Å². The highest BCUT2D eigenvalue weighted by atomic mass is 16.5. The maximum atomic E-state index is 11.7. The molecule has 1 aliphatic rings. The Bertz CT molecular complexity index is 452. The first kappa shape index (κ1) is 14.9. The number of carbonyl (C=O) groups excluding carboxylic acids is 1. The van der Waals surface area contributed by atoms with Crippen LogP contribution in [-0.2, 0) is 4.79 Å². The van der Waals surface area contributed by atoms with Crippen LogP contribution in [0.4, 0.5) is 5.69 Å². The van der Waals surface area contributed by atoms with E-state index in [2.05, 4.69) is 17.3 Å². The van der Waals surface area contributed by atoms with Gasteiger partial charge in [-0.3, -0.25) is 4.79 Å². The minimum absolute atomic E-state index is 0.119. The number of para-hydroxylation sites is 2. The normalized spacial score (nSPS) is 17.2. The van der Waals surface area contributed by atoms with Crippen molar-refractivity contribution >= 4 is 11.7 Å². The molecule has 110 valence electrons. The number of piperidine rings is 1. The quantitative estimate of drug-likeness (QED) is 0.678. The van der Waals surface area contributed by atoms with Crippen LogP contribution in [0.2, 0.25) is 0 Å². The number of hydrogen-bond donors (Lipinski definition) is 1. The van der Waals surface area contributed by atoms with Gasteiger partial charge in [0.1, 0.15) is 0 Å². The summed E-state index contributed by atoms with van der Waals surface area (Å²) < 4.78 is 5.46. The van der Waals surface area contributed by atoms with E-state index in [9.17, 15) is 4.79 Å². The molecule has 0 bridgehead atoms. The van der Waals surface area contributed by atoms with Crippen LogP contribution in [0.25, 0.3) is 0 Å². The number of esters is 1. The summed E-state index contributed by atoms with van der Waals surface area (Å²) in [6, 6.07) is 8.12. The fraction of sp³-hybridized carbons (Fsp3) is 0.562. The highest BCUT2D eigenvalue weighted by Gasteiger charge is 2.18. The summed E-state index contributed by atoms with van der Waals surface area (Å²) in [6.07, 6.45) is 2.23. The summed E-state index contributed by atoms with van der Waals surface area (Å²) in [5.41, 5.74) is 0.913. The van der Waals surface area contributed by atoms with Crippen molar-refractivity contribution in [1.29, 1.82) is 0 Å². The largest absolute Gasteiger partial charge is 0.424 e. The molecule has 4 nitrogen and oxygen atoms in total. The smallest absolute Gasteiger partial charge is 0.313 e. The number of nitrogens with zero attached hydrogens (tertiary/aromatic N) is 1. The molecule has 1 saturated heterocycles. The zero-order valence-electron chi connectivity index (χ0n) is 12.6. The van der Waals surface area contributed by atoms with Crippen LogP contribution in [0.1, 0.15) is 26.7 Å². The van der Waals surface area contributed by atoms with Crippen LogP contribution in [0, 0.1) is 5.92 Å². The van der Waals surface area contributed by atoms with Gasteiger partial charge in [-0.15, -0.1) is 0 Å². The number of carbonyl (C=O) groups is 1. The van der Waals surface area contributed by atoms with Crippen molar-refractivity contribution in [1.82, 2.24) is 4.90 Å². The van der Waals surface area contributed by atoms with Crippen molar-refractivity contribution in [2.75, 3.05) is 25.5 Å². The summed E-state index contributed by atoms with van der Waals surface area (Å²) in [5, 5.41) is 3.51. The van der Waals surface area contributed by atoms with Crippen LogP contribution < -0.4 is 10.1 Å². The van der Waals surface area contributed by atoms with Gasteiger partial charge < -0.3 is 15.0 Å². The molecule has 0 amide bonds. The number of rotatable bonds is 4. The number of ether oxygens (including phenoxy) is 1. The van der Waals surface area contributed by atoms with Crippen LogP contribution in [-0.4, -0.2) is 37.0 Å². The first-order chi connectivity index (χ1) is 9.56. The molecule has 20 heavy (non-hydrogen) atoms. The topological polar surface area (TPSA) is 41.6 Å². The SMILES string of the molecule is CC(C)C(=O)Oc1ccccc1NC1CCN(C)CC1. The lowest BCUT2D eigenvalue weighted by molar-refractivity contribution is -0.137. The molecular weight excluding hydrogens is 252 g/mol. The summed E-state index contributed by atoms with van der Waals surface area (Å²) in [6.45, 7) is 5.89. The van der Waals surface area contributed by atoms with Crippen molar-refractivity contribution in [2.24, 2.45) is 5.92 Å². The first-order valence-corrected chi connectivity index (χ1v) is 7.32. The Balaban J connectivity index is 2.02. The Morgan fingerprint density at radius 1 is 1.30 bits per heavy atom. The van der Waals surface area contributed by atoms with E-state index in [0.29, 0.717) is 11.8 Å². The number of likely N-dealkylation sites (tertiary alicyclic amines) is 1. The maximum Gasteiger partial charge on any atom is 0.313 e. The zero-order valence-corrected chi connectivity index (χ0v) is 12.6. The van der Waals surface area contributed by atoms with Crippen molar-refractivity contribution < 1.29 is 9.53 Å². The average molecular weight is 276 g/mol. The lowest BCUT2D eigenvalue weighted by Crippen LogP contribution is -2.36. The van der Waals surface area contributed by atoms with E-state index in [4.69, 9.17) is 4.74 Å². The van der Waals surface area contributed by atoms with E-state index >= 15 is 0 Å². The second-order valence-electron chi connectivity index (χ2n) is 5.79. The van der Waals surface area contributed by atoms with Crippen molar-refractivity contribution in [3.63, 3.8) is 0 Å². The Hall–Kier alpha value is -1.55. The minimum Gasteiger partial charge on any atom is -0.424 e. The molecule has 1 N–H and O–H groups in total. The fourth-order valence-electron chi connectivity index (χ4n) is 2.27. The fourth-order valence-corrected chi connectivity index (χ4v) is 2.27. The molecule has 1 heterocycles. The van der Waals surface area contributed by atoms with E-state index < -0.39 is 0 Å². The van der Waals surface area contributed by atoms with Crippen molar-refractivity contribution in [3.05, 3.63) is 24.3 Å². The molecule has 0 aliphatic carbocycles. The number of anilines is 1. The Morgan fingerprint density at radius 3 is 2.60 bits per heavy atom. The third-order valence-corrected chi connectivity index (χ3v) is 3.65. The Morgan fingerprint density at radius 2 is 1.95 bits per heavy atom. The maximum absolute atomic E-state index is 11.7. The van der Waals surface area contributed by atoms with E-state index in [1.807, 2.05) is 38.1 Å². The molecule has 1 aliphatic heterocycles. The lowest BCUT2D eigenvalue weighted by Gasteiger charge is -2.30. The van der Waals surface area contributed by atoms with Gasteiger partial charge in [-0.05, 0) is 45.1 Å². The van der Waals surface area contributed by atoms with Crippen LogP contribution in [0.15, 0.2) is 24.3 Å². The van der Waals surface area contributed by atoms with Gasteiger partial charge in [0.25, 0.3) is 0 Å². The molecule has 0 atom stereocenters. The first-order valence-electron chi connectivity index (χ1n) is 7.32. The van der Waals surface area contributed by atoms with Gasteiger partial charge in [0.05, 0.1) is 11.6 Å². The van der Waals surface area contributed by atoms with Gasteiger partial charge in [-0.1, -0.05) is 26.0 Å². The summed E-state index contributed by atoms with van der Waals surface area (Å²) in [7, 11) is 2.15. The average Bonchev–Trinajstić information content (AvgIpc) is 2.43. The van der Waals surface area contributed by atoms with E-state index in [1.54, 1.807) is 0 Å². The standard InChI is InChI=1S/C16H24N2O2/c1-12(2)16(19)20-15-7-5-4-6-14(15)17-13-8-10-18(3)11-9-13/h4-7,12-13,17H,8-11H2,1-3H3. The monoisotopic (exact) mass is 276 g/mol. The number of nitrogens with one attached hydrogen (secondary N) is 1. The van der Waals surface area contributed by atoms with Crippen molar-refractivity contribution in [3.8, 4) is 5.75 Å². The number of benzene rings is 1. The second kappa shape index (κ2) is 6.75. The molecule has 1 fully saturated rings. The minimum atomic E-state index is -0.192. The molecule has 1 aromatic carbocycles. The molecule has 4 heteroatoms. The zero-order chi connectivity index (χ0) is 14.5. The van der Waals surface area contributed by atoms with E-state index in [0.717, 1.165) is 31.6 Å². The molecular formula is C16H24N2O2. The predicted molar refractivity (Wildman–Crippen MR) is 81.1 cm³/mol. The highest BCUT2D eigenvalue weighted by Crippen LogP contribution is 2.27. The molecule has 1 aromatic rings. The molecule has 2 rings (SSSR count). The van der Waals surface area contributed by atoms with E-state index in [1.165, 1.54) is 0 Å². The van der Waals surface area contributed by atoms with Gasteiger partial charge in [0.15, 0.2) is 5.75 Å². The van der Waals surface area contributed by atoms with Crippen molar-refractivity contribution in [2.45, 2.75) is 32.7 Å². The Kier molecular flexibility index (Phi) is 5.01. The Labute approximate surface area is 121 Å². The van der Waals surface area contributed by atoms with Gasteiger partial charge >= 0.3 is 5.97 Å². The molecule has 0 spiro atoms. The van der Waals surface area contributed by atoms with Crippen LogP contribution in [0.5, 0.6) is 5.75 Å². The van der Waals surface area contributed by atoms with Gasteiger partial charge in [-0.2, -0.15) is 0 Å². The van der Waals surface area contributed by atoms with E-state index in [-0.39, 0.29) is 11.9 Å². The second-order valence-corrected chi connectivity index (χ2v) is 5.79. The molecule has 0 unspecified atom stereocenters. The highest BCUT2D eigenvalue weighted by molar-refractivity contribution is 5.76. The lowest BCUT2D eigenvalue weighted by atomic mass is 10.1. The van der Waals surface area contributed by atoms with Gasteiger partial charge in [0.2, 0.25) is 0 Å². The third-order valence-electron chi connectivity index (χ3n) is 3.65. The molecule has 0 radical (unpaired) electrons. The molecule has 0 aromatic heterocycles. The van der Waals surface area contributed by atoms with Gasteiger partial charge in [-0.25, -0.2) is 0 Å². The van der Waals surface area contributed by atoms with Crippen LogP contribution in [0.3, 0.4) is 0 Å². The third kappa shape index (κ3) is 3.97. The predicted octanol–water partition coefficient (Wildman–Crippen LogP) is 2.75. The number of hydrogen-bond acceptors (Lipinski definition) is 4. The summed E-state index contributed by atoms with van der Waals surface area (Å²) in [4.78, 5) is 14.1. The van der Waals surface area contributed by atoms with Crippen LogP contribution >= 0.6 is 0 Å². The molecule has 0 saturated carbocycles.